The molecule has 0 radical (unpaired) electrons. The molecule has 0 atom stereocenters. The average molecular weight is 236 g/mol. The summed E-state index contributed by atoms with van der Waals surface area (Å²) in [5, 5.41) is 12.3. The normalized spacial score (nSPS) is 11.5. The van der Waals surface area contributed by atoms with Gasteiger partial charge in [0.25, 0.3) is 0 Å². The van der Waals surface area contributed by atoms with Crippen molar-refractivity contribution in [1.82, 2.24) is 5.32 Å². The third-order valence-corrected chi connectivity index (χ3v) is 2.75. The van der Waals surface area contributed by atoms with E-state index in [-0.39, 0.29) is 12.1 Å². The standard InChI is InChI=1S/C13H20N2O2/c1-13(2,7-8-16)15-9-10-3-5-11(6-4-10)12(14)17/h3-6,15-16H,7-9H2,1-2H3,(H2,14,17). The molecule has 4 nitrogen and oxygen atoms in total. The lowest BCUT2D eigenvalue weighted by Gasteiger charge is -2.25. The lowest BCUT2D eigenvalue weighted by molar-refractivity contribution is 0.1000. The number of carbonyl (C=O) groups excluding carboxylic acids is 1. The van der Waals surface area contributed by atoms with Crippen LogP contribution in [0.1, 0.15) is 36.2 Å². The number of carbonyl (C=O) groups is 1. The second kappa shape index (κ2) is 5.80. The highest BCUT2D eigenvalue weighted by molar-refractivity contribution is 5.92. The summed E-state index contributed by atoms with van der Waals surface area (Å²) in [5.41, 5.74) is 6.67. The molecule has 1 amide bonds. The van der Waals surface area contributed by atoms with E-state index in [0.29, 0.717) is 18.5 Å². The number of nitrogens with two attached hydrogens (primary N) is 1. The third kappa shape index (κ3) is 4.54. The van der Waals surface area contributed by atoms with E-state index in [0.717, 1.165) is 5.56 Å². The minimum Gasteiger partial charge on any atom is -0.396 e. The molecule has 1 aromatic carbocycles. The maximum absolute atomic E-state index is 10.9. The molecule has 0 unspecified atom stereocenters. The maximum atomic E-state index is 10.9. The van der Waals surface area contributed by atoms with Crippen molar-refractivity contribution in [3.63, 3.8) is 0 Å². The van der Waals surface area contributed by atoms with Crippen LogP contribution >= 0.6 is 0 Å². The van der Waals surface area contributed by atoms with E-state index in [1.54, 1.807) is 12.1 Å². The zero-order valence-electron chi connectivity index (χ0n) is 10.4. The molecule has 0 fully saturated rings. The highest BCUT2D eigenvalue weighted by Crippen LogP contribution is 2.10. The third-order valence-electron chi connectivity index (χ3n) is 2.75. The van der Waals surface area contributed by atoms with Crippen molar-refractivity contribution in [3.05, 3.63) is 35.4 Å². The molecule has 0 aliphatic rings. The molecule has 4 N–H and O–H groups in total. The van der Waals surface area contributed by atoms with Gasteiger partial charge in [-0.05, 0) is 38.0 Å². The van der Waals surface area contributed by atoms with Crippen molar-refractivity contribution < 1.29 is 9.90 Å². The van der Waals surface area contributed by atoms with Crippen molar-refractivity contribution in [3.8, 4) is 0 Å². The van der Waals surface area contributed by atoms with Gasteiger partial charge in [0.05, 0.1) is 0 Å². The van der Waals surface area contributed by atoms with Crippen LogP contribution in [0.3, 0.4) is 0 Å². The molecule has 17 heavy (non-hydrogen) atoms. The van der Waals surface area contributed by atoms with Crippen LogP contribution in [0.2, 0.25) is 0 Å². The summed E-state index contributed by atoms with van der Waals surface area (Å²) in [7, 11) is 0. The van der Waals surface area contributed by atoms with Crippen molar-refractivity contribution >= 4 is 5.91 Å². The number of aliphatic hydroxyl groups is 1. The Hall–Kier alpha value is -1.39. The van der Waals surface area contributed by atoms with Gasteiger partial charge in [-0.2, -0.15) is 0 Å². The Morgan fingerprint density at radius 3 is 2.41 bits per heavy atom. The lowest BCUT2D eigenvalue weighted by Crippen LogP contribution is -2.39. The SMILES string of the molecule is CC(C)(CCO)NCc1ccc(C(N)=O)cc1. The molecule has 0 saturated heterocycles. The van der Waals surface area contributed by atoms with Gasteiger partial charge in [-0.1, -0.05) is 12.1 Å². The Balaban J connectivity index is 2.55. The number of primary amides is 1. The van der Waals surface area contributed by atoms with Gasteiger partial charge in [0.15, 0.2) is 0 Å². The second-order valence-electron chi connectivity index (χ2n) is 4.77. The summed E-state index contributed by atoms with van der Waals surface area (Å²) < 4.78 is 0. The Bertz CT molecular complexity index is 372. The highest BCUT2D eigenvalue weighted by Gasteiger charge is 2.15. The molecule has 0 spiro atoms. The fraction of sp³-hybridized carbons (Fsp3) is 0.462. The average Bonchev–Trinajstić information content (AvgIpc) is 2.27. The molecule has 0 saturated carbocycles. The van der Waals surface area contributed by atoms with Gasteiger partial charge in [-0.25, -0.2) is 0 Å². The number of nitrogens with one attached hydrogen (secondary N) is 1. The Kier molecular flexibility index (Phi) is 4.66. The minimum absolute atomic E-state index is 0.100. The van der Waals surface area contributed by atoms with Crippen LogP contribution in [0.5, 0.6) is 0 Å². The zero-order chi connectivity index (χ0) is 12.9. The van der Waals surface area contributed by atoms with Gasteiger partial charge in [0, 0.05) is 24.3 Å². The van der Waals surface area contributed by atoms with Crippen LogP contribution in [-0.2, 0) is 6.54 Å². The summed E-state index contributed by atoms with van der Waals surface area (Å²) >= 11 is 0. The molecule has 0 aromatic heterocycles. The quantitative estimate of drug-likeness (QED) is 0.690. The molecule has 4 heteroatoms. The van der Waals surface area contributed by atoms with Crippen molar-refractivity contribution in [2.75, 3.05) is 6.61 Å². The number of aliphatic hydroxyl groups excluding tert-OH is 1. The molecule has 0 heterocycles. The van der Waals surface area contributed by atoms with E-state index < -0.39 is 5.91 Å². The zero-order valence-corrected chi connectivity index (χ0v) is 10.4. The van der Waals surface area contributed by atoms with Crippen LogP contribution in [0.4, 0.5) is 0 Å². The molecule has 1 aromatic rings. The van der Waals surface area contributed by atoms with Crippen LogP contribution in [0.25, 0.3) is 0 Å². The molecular weight excluding hydrogens is 216 g/mol. The van der Waals surface area contributed by atoms with Crippen LogP contribution < -0.4 is 11.1 Å². The number of rotatable bonds is 6. The Morgan fingerprint density at radius 1 is 1.35 bits per heavy atom. The number of amides is 1. The highest BCUT2D eigenvalue weighted by atomic mass is 16.3. The summed E-state index contributed by atoms with van der Waals surface area (Å²) in [5.74, 6) is -0.412. The predicted octanol–water partition coefficient (Wildman–Crippen LogP) is 1.04. The van der Waals surface area contributed by atoms with E-state index >= 15 is 0 Å². The summed E-state index contributed by atoms with van der Waals surface area (Å²) in [6.45, 7) is 4.95. The summed E-state index contributed by atoms with van der Waals surface area (Å²) in [6.07, 6.45) is 0.701. The van der Waals surface area contributed by atoms with Crippen molar-refractivity contribution in [2.24, 2.45) is 5.73 Å². The van der Waals surface area contributed by atoms with E-state index in [4.69, 9.17) is 10.8 Å². The Labute approximate surface area is 102 Å². The monoisotopic (exact) mass is 236 g/mol. The van der Waals surface area contributed by atoms with Crippen LogP contribution in [0, 0.1) is 0 Å². The summed E-state index contributed by atoms with van der Waals surface area (Å²) in [6, 6.07) is 7.20. The topological polar surface area (TPSA) is 75.3 Å². The first-order valence-corrected chi connectivity index (χ1v) is 5.69. The fourth-order valence-corrected chi connectivity index (χ4v) is 1.50. The maximum Gasteiger partial charge on any atom is 0.248 e. The second-order valence-corrected chi connectivity index (χ2v) is 4.77. The predicted molar refractivity (Wildman–Crippen MR) is 67.6 cm³/mol. The van der Waals surface area contributed by atoms with Gasteiger partial charge in [0.1, 0.15) is 0 Å². The number of hydrogen-bond donors (Lipinski definition) is 3. The van der Waals surface area contributed by atoms with E-state index in [1.165, 1.54) is 0 Å². The van der Waals surface area contributed by atoms with Gasteiger partial charge >= 0.3 is 0 Å². The summed E-state index contributed by atoms with van der Waals surface area (Å²) in [4.78, 5) is 10.9. The first kappa shape index (κ1) is 13.7. The first-order chi connectivity index (χ1) is 7.94. The van der Waals surface area contributed by atoms with Crippen molar-refractivity contribution in [1.29, 1.82) is 0 Å². The fourth-order valence-electron chi connectivity index (χ4n) is 1.50. The Morgan fingerprint density at radius 2 is 1.94 bits per heavy atom. The van der Waals surface area contributed by atoms with Crippen LogP contribution in [-0.4, -0.2) is 23.2 Å². The molecule has 0 aliphatic heterocycles. The lowest BCUT2D eigenvalue weighted by atomic mass is 10.0. The van der Waals surface area contributed by atoms with Crippen molar-refractivity contribution in [2.45, 2.75) is 32.4 Å². The minimum atomic E-state index is -0.412. The molecule has 1 rings (SSSR count). The molecular formula is C13H20N2O2. The van der Waals surface area contributed by atoms with Gasteiger partial charge < -0.3 is 16.2 Å². The van der Waals surface area contributed by atoms with Crippen LogP contribution in [0.15, 0.2) is 24.3 Å². The van der Waals surface area contributed by atoms with E-state index in [9.17, 15) is 4.79 Å². The number of benzene rings is 1. The largest absolute Gasteiger partial charge is 0.396 e. The number of hydrogen-bond acceptors (Lipinski definition) is 3. The van der Waals surface area contributed by atoms with E-state index in [2.05, 4.69) is 5.32 Å². The molecule has 94 valence electrons. The van der Waals surface area contributed by atoms with Gasteiger partial charge in [0.2, 0.25) is 5.91 Å². The molecule has 0 aliphatic carbocycles. The smallest absolute Gasteiger partial charge is 0.248 e. The first-order valence-electron chi connectivity index (χ1n) is 5.69. The van der Waals surface area contributed by atoms with Gasteiger partial charge in [-0.3, -0.25) is 4.79 Å². The van der Waals surface area contributed by atoms with Gasteiger partial charge in [-0.15, -0.1) is 0 Å². The van der Waals surface area contributed by atoms with E-state index in [1.807, 2.05) is 26.0 Å². The molecule has 0 bridgehead atoms.